The number of carbonyl (C=O) groups excluding carboxylic acids is 2. The van der Waals surface area contributed by atoms with E-state index in [1.165, 1.54) is 22.2 Å². The van der Waals surface area contributed by atoms with Gasteiger partial charge < -0.3 is 11.1 Å². The highest BCUT2D eigenvalue weighted by Gasteiger charge is 2.24. The van der Waals surface area contributed by atoms with E-state index in [2.05, 4.69) is 17.2 Å². The zero-order valence-electron chi connectivity index (χ0n) is 14.8. The van der Waals surface area contributed by atoms with E-state index < -0.39 is 5.91 Å². The van der Waals surface area contributed by atoms with Crippen molar-refractivity contribution in [2.75, 3.05) is 12.3 Å². The molecule has 0 bridgehead atoms. The van der Waals surface area contributed by atoms with Crippen LogP contribution in [0.1, 0.15) is 30.7 Å². The third-order valence-corrected chi connectivity index (χ3v) is 6.61. The van der Waals surface area contributed by atoms with Crippen LogP contribution >= 0.6 is 23.1 Å². The van der Waals surface area contributed by atoms with Crippen LogP contribution in [0, 0.1) is 5.92 Å². The Kier molecular flexibility index (Phi) is 5.67. The number of nitrogens with two attached hydrogens (primary N) is 1. The summed E-state index contributed by atoms with van der Waals surface area (Å²) in [5.41, 5.74) is 6.16. The number of thiophene rings is 1. The summed E-state index contributed by atoms with van der Waals surface area (Å²) in [5.74, 6) is -0.198. The molecule has 140 valence electrons. The van der Waals surface area contributed by atoms with Crippen LogP contribution in [-0.4, -0.2) is 33.7 Å². The maximum absolute atomic E-state index is 13.0. The Morgan fingerprint density at radius 1 is 1.46 bits per heavy atom. The summed E-state index contributed by atoms with van der Waals surface area (Å²) in [6.07, 6.45) is 3.03. The lowest BCUT2D eigenvalue weighted by molar-refractivity contribution is -0.123. The molecule has 0 aromatic carbocycles. The molecule has 2 aromatic rings. The van der Waals surface area contributed by atoms with Gasteiger partial charge in [0, 0.05) is 11.4 Å². The molecule has 26 heavy (non-hydrogen) atoms. The van der Waals surface area contributed by atoms with Crippen LogP contribution < -0.4 is 16.6 Å². The number of aryl methyl sites for hydroxylation is 1. The summed E-state index contributed by atoms with van der Waals surface area (Å²) in [6.45, 7) is 4.43. The Morgan fingerprint density at radius 3 is 2.92 bits per heavy atom. The summed E-state index contributed by atoms with van der Waals surface area (Å²) in [6, 6.07) is 0. The van der Waals surface area contributed by atoms with Crippen molar-refractivity contribution in [3.05, 3.63) is 20.8 Å². The second-order valence-electron chi connectivity index (χ2n) is 6.51. The smallest absolute Gasteiger partial charge is 0.263 e. The second kappa shape index (κ2) is 7.79. The molecule has 0 aliphatic heterocycles. The maximum Gasteiger partial charge on any atom is 0.263 e. The van der Waals surface area contributed by atoms with Gasteiger partial charge in [-0.3, -0.25) is 19.0 Å². The first-order valence-electron chi connectivity index (χ1n) is 8.63. The van der Waals surface area contributed by atoms with Gasteiger partial charge in [0.15, 0.2) is 5.16 Å². The van der Waals surface area contributed by atoms with Crippen molar-refractivity contribution in [3.63, 3.8) is 0 Å². The lowest BCUT2D eigenvalue weighted by atomic mass is 9.89. The van der Waals surface area contributed by atoms with E-state index >= 15 is 0 Å². The van der Waals surface area contributed by atoms with Gasteiger partial charge in [0.1, 0.15) is 4.83 Å². The number of hydrogen-bond donors (Lipinski definition) is 2. The molecule has 7 nitrogen and oxygen atoms in total. The second-order valence-corrected chi connectivity index (χ2v) is 8.53. The molecule has 1 atom stereocenters. The number of aromatic nitrogens is 2. The topological polar surface area (TPSA) is 107 Å². The minimum Gasteiger partial charge on any atom is -0.368 e. The number of carbonyl (C=O) groups is 2. The summed E-state index contributed by atoms with van der Waals surface area (Å²) in [7, 11) is 0. The van der Waals surface area contributed by atoms with Crippen molar-refractivity contribution in [3.8, 4) is 0 Å². The van der Waals surface area contributed by atoms with Crippen LogP contribution in [-0.2, 0) is 29.0 Å². The van der Waals surface area contributed by atoms with Gasteiger partial charge in [-0.15, -0.1) is 11.3 Å². The number of nitrogens with one attached hydrogen (secondary N) is 1. The zero-order chi connectivity index (χ0) is 18.8. The number of hydrogen-bond acceptors (Lipinski definition) is 6. The molecule has 2 heterocycles. The molecule has 0 spiro atoms. The van der Waals surface area contributed by atoms with Gasteiger partial charge in [-0.05, 0) is 37.7 Å². The third-order valence-electron chi connectivity index (χ3n) is 4.49. The molecule has 0 saturated heterocycles. The van der Waals surface area contributed by atoms with E-state index in [9.17, 15) is 14.4 Å². The van der Waals surface area contributed by atoms with E-state index in [0.717, 1.165) is 29.5 Å². The van der Waals surface area contributed by atoms with Crippen molar-refractivity contribution in [1.29, 1.82) is 0 Å². The molecule has 2 amide bonds. The number of nitrogens with zero attached hydrogens (tertiary/aromatic N) is 2. The highest BCUT2D eigenvalue weighted by molar-refractivity contribution is 7.99. The van der Waals surface area contributed by atoms with Crippen LogP contribution in [0.2, 0.25) is 0 Å². The lowest BCUT2D eigenvalue weighted by Gasteiger charge is -2.17. The van der Waals surface area contributed by atoms with Crippen LogP contribution in [0.5, 0.6) is 0 Å². The highest BCUT2D eigenvalue weighted by Crippen LogP contribution is 2.36. The van der Waals surface area contributed by atoms with Gasteiger partial charge in [0.25, 0.3) is 5.56 Å². The van der Waals surface area contributed by atoms with E-state index in [1.54, 1.807) is 15.9 Å². The molecular formula is C17H22N4O3S2. The monoisotopic (exact) mass is 394 g/mol. The molecule has 1 aliphatic rings. The van der Waals surface area contributed by atoms with Gasteiger partial charge in [-0.1, -0.05) is 18.7 Å². The molecule has 3 N–H and O–H groups in total. The molecule has 3 rings (SSSR count). The van der Waals surface area contributed by atoms with Crippen molar-refractivity contribution >= 4 is 45.1 Å². The Hall–Kier alpha value is -1.87. The minimum atomic E-state index is -0.591. The highest BCUT2D eigenvalue weighted by atomic mass is 32.2. The Balaban J connectivity index is 1.90. The number of fused-ring (bicyclic) bond motifs is 3. The van der Waals surface area contributed by atoms with Gasteiger partial charge in [0.05, 0.1) is 17.7 Å². The third kappa shape index (κ3) is 3.78. The molecule has 1 aliphatic carbocycles. The largest absolute Gasteiger partial charge is 0.368 e. The number of rotatable bonds is 6. The Bertz CT molecular complexity index is 919. The number of primary amides is 1. The fourth-order valence-corrected chi connectivity index (χ4v) is 5.48. The van der Waals surface area contributed by atoms with Gasteiger partial charge in [0.2, 0.25) is 11.8 Å². The first kappa shape index (κ1) is 18.9. The van der Waals surface area contributed by atoms with Gasteiger partial charge in [-0.25, -0.2) is 4.98 Å². The quantitative estimate of drug-likeness (QED) is 0.567. The summed E-state index contributed by atoms with van der Waals surface area (Å²) >= 11 is 2.80. The molecule has 0 saturated carbocycles. The average molecular weight is 395 g/mol. The van der Waals surface area contributed by atoms with Gasteiger partial charge in [-0.2, -0.15) is 0 Å². The van der Waals surface area contributed by atoms with E-state index in [0.29, 0.717) is 17.6 Å². The fourth-order valence-electron chi connectivity index (χ4n) is 3.16. The van der Waals surface area contributed by atoms with Crippen LogP contribution in [0.4, 0.5) is 0 Å². The van der Waals surface area contributed by atoms with E-state index in [-0.39, 0.29) is 23.8 Å². The molecule has 0 fully saturated rings. The minimum absolute atomic E-state index is 0.0235. The Morgan fingerprint density at radius 2 is 2.23 bits per heavy atom. The zero-order valence-corrected chi connectivity index (χ0v) is 16.5. The molecule has 2 aromatic heterocycles. The summed E-state index contributed by atoms with van der Waals surface area (Å²) in [5, 5.41) is 3.72. The summed E-state index contributed by atoms with van der Waals surface area (Å²) in [4.78, 5) is 42.3. The van der Waals surface area contributed by atoms with Crippen molar-refractivity contribution < 1.29 is 9.59 Å². The van der Waals surface area contributed by atoms with Crippen molar-refractivity contribution in [1.82, 2.24) is 14.9 Å². The van der Waals surface area contributed by atoms with Crippen molar-refractivity contribution in [2.45, 2.75) is 44.8 Å². The first-order valence-corrected chi connectivity index (χ1v) is 10.4. The number of amides is 2. The number of thioether (sulfide) groups is 1. The average Bonchev–Trinajstić information content (AvgIpc) is 2.95. The lowest BCUT2D eigenvalue weighted by Crippen LogP contribution is -2.34. The van der Waals surface area contributed by atoms with Crippen LogP contribution in [0.3, 0.4) is 0 Å². The predicted molar refractivity (Wildman–Crippen MR) is 104 cm³/mol. The predicted octanol–water partition coefficient (Wildman–Crippen LogP) is 1.30. The molecule has 0 unspecified atom stereocenters. The van der Waals surface area contributed by atoms with Crippen molar-refractivity contribution in [2.24, 2.45) is 11.7 Å². The van der Waals surface area contributed by atoms with Crippen LogP contribution in [0.25, 0.3) is 10.2 Å². The standard InChI is InChI=1S/C17H22N4O3S2/c1-3-21-16(24)14-10-5-4-9(2)6-11(10)26-15(14)20-17(21)25-8-13(23)19-7-12(18)22/h9H,3-8H2,1-2H3,(H2,18,22)(H,19,23)/t9-/m0/s1. The fraction of sp³-hybridized carbons (Fsp3) is 0.529. The molecule has 0 radical (unpaired) electrons. The summed E-state index contributed by atoms with van der Waals surface area (Å²) < 4.78 is 1.62. The normalized spacial score (nSPS) is 16.5. The van der Waals surface area contributed by atoms with Crippen LogP contribution in [0.15, 0.2) is 9.95 Å². The Labute approximate surface area is 159 Å². The molecular weight excluding hydrogens is 372 g/mol. The van der Waals surface area contributed by atoms with Gasteiger partial charge >= 0.3 is 0 Å². The first-order chi connectivity index (χ1) is 12.4. The maximum atomic E-state index is 13.0. The molecule has 9 heteroatoms. The van der Waals surface area contributed by atoms with E-state index in [1.807, 2.05) is 6.92 Å². The SMILES string of the molecule is CCn1c(SCC(=O)NCC(N)=O)nc2sc3c(c2c1=O)CC[C@H](C)C3. The van der Waals surface area contributed by atoms with E-state index in [4.69, 9.17) is 5.73 Å².